The second-order valence-electron chi connectivity index (χ2n) is 10.9. The van der Waals surface area contributed by atoms with Crippen LogP contribution in [0, 0.1) is 0 Å². The number of hydrogen-bond acceptors (Lipinski definition) is 10. The standard InChI is InChI=1S/C38H35N3O7P3/c42-31-32-50(46-36-25-13-4-14-26-36)40(43-33-19-7-1-8-20-33)49(45-35-23-11-3-12-24-35)39-51(47-37-27-15-5-16-28-37,48-38-29-17-6-18-30-38)41(50)44-34-21-9-2-10-22-34/h1-30,42H,31-32H2/q+1. The molecule has 6 aromatic rings. The van der Waals surface area contributed by atoms with Crippen molar-refractivity contribution >= 4 is 23.9 Å². The minimum absolute atomic E-state index is 0.00607. The molecule has 10 nitrogen and oxygen atoms in total. The number of aliphatic hydroxyl groups excluding tert-OH is 1. The van der Waals surface area contributed by atoms with Gasteiger partial charge in [0, 0.05) is 0 Å². The Balaban J connectivity index is 1.54. The molecule has 0 fully saturated rings. The Morgan fingerprint density at radius 2 is 0.902 bits per heavy atom. The minimum Gasteiger partial charge on any atom is -0.435 e. The van der Waals surface area contributed by atoms with Crippen molar-refractivity contribution in [3.05, 3.63) is 182 Å². The fourth-order valence-corrected chi connectivity index (χ4v) is 15.0. The Labute approximate surface area is 299 Å². The van der Waals surface area contributed by atoms with Crippen LogP contribution in [0.2, 0.25) is 0 Å². The Kier molecular flexibility index (Phi) is 11.1. The molecule has 0 amide bonds. The molecule has 13 heteroatoms. The highest BCUT2D eigenvalue weighted by Crippen LogP contribution is 2.85. The van der Waals surface area contributed by atoms with E-state index >= 15 is 0 Å². The topological polar surface area (TPSA) is 94.5 Å². The van der Waals surface area contributed by atoms with Gasteiger partial charge < -0.3 is 32.9 Å². The monoisotopic (exact) mass is 738 g/mol. The predicted molar refractivity (Wildman–Crippen MR) is 201 cm³/mol. The second-order valence-corrected chi connectivity index (χ2v) is 17.7. The molecule has 1 aliphatic rings. The third kappa shape index (κ3) is 8.19. The van der Waals surface area contributed by atoms with Gasteiger partial charge in [-0.1, -0.05) is 109 Å². The molecule has 2 atom stereocenters. The second kappa shape index (κ2) is 16.4. The van der Waals surface area contributed by atoms with Crippen LogP contribution in [0.4, 0.5) is 0 Å². The van der Waals surface area contributed by atoms with Crippen molar-refractivity contribution in [2.45, 2.75) is 0 Å². The van der Waals surface area contributed by atoms with E-state index in [-0.39, 0.29) is 12.8 Å². The summed E-state index contributed by atoms with van der Waals surface area (Å²) < 4.78 is 36.4. The predicted octanol–water partition coefficient (Wildman–Crippen LogP) is 10.8. The van der Waals surface area contributed by atoms with E-state index in [4.69, 9.17) is 32.3 Å². The molecule has 6 aromatic carbocycles. The van der Waals surface area contributed by atoms with Gasteiger partial charge in [0.05, 0.1) is 6.61 Å². The summed E-state index contributed by atoms with van der Waals surface area (Å²) in [6.07, 6.45) is 0.00607. The number of hydrogen-bond donors (Lipinski definition) is 1. The Morgan fingerprint density at radius 3 is 1.35 bits per heavy atom. The quantitative estimate of drug-likeness (QED) is 0.110. The molecule has 1 N–H and O–H groups in total. The van der Waals surface area contributed by atoms with E-state index in [9.17, 15) is 5.11 Å². The highest BCUT2D eigenvalue weighted by Gasteiger charge is 2.75. The first kappa shape index (κ1) is 34.5. The normalized spacial score (nSPS) is 18.5. The summed E-state index contributed by atoms with van der Waals surface area (Å²) in [5.41, 5.74) is 0. The van der Waals surface area contributed by atoms with Gasteiger partial charge in [-0.3, -0.25) is 0 Å². The lowest BCUT2D eigenvalue weighted by Gasteiger charge is -2.44. The summed E-state index contributed by atoms with van der Waals surface area (Å²) in [5.74, 6) is 2.93. The lowest BCUT2D eigenvalue weighted by atomic mass is 10.3. The number of para-hydroxylation sites is 6. The first-order chi connectivity index (χ1) is 25.2. The van der Waals surface area contributed by atoms with Crippen LogP contribution >= 0.6 is 23.9 Å². The Hall–Kier alpha value is -4.91. The van der Waals surface area contributed by atoms with E-state index in [1.165, 1.54) is 0 Å². The first-order valence-corrected chi connectivity index (χ1v) is 20.6. The van der Waals surface area contributed by atoms with Crippen molar-refractivity contribution in [2.24, 2.45) is 4.52 Å². The van der Waals surface area contributed by atoms with Crippen molar-refractivity contribution in [1.82, 2.24) is 9.21 Å². The summed E-state index contributed by atoms with van der Waals surface area (Å²) in [7, 11) is -9.76. The smallest absolute Gasteiger partial charge is 0.435 e. The van der Waals surface area contributed by atoms with Crippen LogP contribution in [0.1, 0.15) is 0 Å². The molecule has 0 saturated carbocycles. The van der Waals surface area contributed by atoms with Gasteiger partial charge in [0.25, 0.3) is 0 Å². The number of nitrogens with zero attached hydrogens (tertiary/aromatic N) is 3. The van der Waals surface area contributed by atoms with Gasteiger partial charge in [0.15, 0.2) is 28.0 Å². The molecule has 0 bridgehead atoms. The molecule has 258 valence electrons. The molecular formula is C38H35N3O7P3+. The maximum Gasteiger partial charge on any atom is 0.478 e. The molecule has 0 spiro atoms. The Morgan fingerprint density at radius 1 is 0.510 bits per heavy atom. The minimum atomic E-state index is -3.90. The highest BCUT2D eigenvalue weighted by molar-refractivity contribution is 7.86. The Bertz CT molecular complexity index is 1960. The van der Waals surface area contributed by atoms with Gasteiger partial charge in [-0.15, -0.1) is 4.52 Å². The zero-order chi connectivity index (χ0) is 34.8. The zero-order valence-electron chi connectivity index (χ0n) is 27.3. The molecule has 1 heterocycles. The van der Waals surface area contributed by atoms with Crippen LogP contribution < -0.4 is 27.8 Å². The molecule has 7 rings (SSSR count). The van der Waals surface area contributed by atoms with E-state index in [0.29, 0.717) is 34.5 Å². The number of aliphatic hydroxyl groups is 1. The summed E-state index contributed by atoms with van der Waals surface area (Å²) >= 11 is 0. The van der Waals surface area contributed by atoms with E-state index in [2.05, 4.69) is 0 Å². The fraction of sp³-hybridized carbons (Fsp3) is 0.0526. The first-order valence-electron chi connectivity index (χ1n) is 16.1. The average Bonchev–Trinajstić information content (AvgIpc) is 3.17. The summed E-state index contributed by atoms with van der Waals surface area (Å²) in [4.78, 5) is 13.7. The molecule has 51 heavy (non-hydrogen) atoms. The average molecular weight is 739 g/mol. The van der Waals surface area contributed by atoms with Crippen LogP contribution in [-0.2, 0) is 0 Å². The largest absolute Gasteiger partial charge is 0.478 e. The van der Waals surface area contributed by atoms with Gasteiger partial charge in [0.2, 0.25) is 0 Å². The van der Waals surface area contributed by atoms with Crippen LogP contribution in [0.25, 0.3) is 0 Å². The summed E-state index contributed by atoms with van der Waals surface area (Å²) in [6, 6.07) is 55.7. The number of rotatable bonds is 14. The van der Waals surface area contributed by atoms with E-state index in [1.54, 1.807) is 9.21 Å². The summed E-state index contributed by atoms with van der Waals surface area (Å²) in [6.45, 7) is -0.324. The SMILES string of the molecule is OCC[P+]1(Oc2ccccc2)N(Oc2ccccc2)P(Oc2ccccc2)N=P(Oc2ccccc2)(Oc2ccccc2)N1Oc1ccccc1. The molecule has 0 aliphatic carbocycles. The number of benzene rings is 6. The van der Waals surface area contributed by atoms with Crippen LogP contribution in [0.5, 0.6) is 34.5 Å². The van der Waals surface area contributed by atoms with Crippen LogP contribution in [-0.4, -0.2) is 27.1 Å². The van der Waals surface area contributed by atoms with Gasteiger partial charge >= 0.3 is 23.9 Å². The van der Waals surface area contributed by atoms with Crippen LogP contribution in [0.3, 0.4) is 0 Å². The van der Waals surface area contributed by atoms with E-state index < -0.39 is 23.9 Å². The van der Waals surface area contributed by atoms with Gasteiger partial charge in [-0.05, 0) is 72.8 Å². The maximum atomic E-state index is 11.0. The third-order valence-corrected chi connectivity index (χ3v) is 16.2. The third-order valence-electron chi connectivity index (χ3n) is 7.20. The lowest BCUT2D eigenvalue weighted by molar-refractivity contribution is 0.0432. The maximum absolute atomic E-state index is 11.0. The van der Waals surface area contributed by atoms with Gasteiger partial charge in [-0.25, -0.2) is 0 Å². The molecule has 1 aliphatic heterocycles. The fourth-order valence-electron chi connectivity index (χ4n) is 4.95. The van der Waals surface area contributed by atoms with Crippen molar-refractivity contribution in [2.75, 3.05) is 12.8 Å². The molecular weight excluding hydrogens is 703 g/mol. The molecule has 2 unspecified atom stereocenters. The highest BCUT2D eigenvalue weighted by atomic mass is 31.3. The molecule has 0 radical (unpaired) electrons. The zero-order valence-corrected chi connectivity index (χ0v) is 30.0. The van der Waals surface area contributed by atoms with Crippen molar-refractivity contribution in [1.29, 1.82) is 0 Å². The van der Waals surface area contributed by atoms with Gasteiger partial charge in [0.1, 0.15) is 21.9 Å². The lowest BCUT2D eigenvalue weighted by Crippen LogP contribution is -2.45. The molecule has 0 aromatic heterocycles. The van der Waals surface area contributed by atoms with E-state index in [0.717, 1.165) is 0 Å². The summed E-state index contributed by atoms with van der Waals surface area (Å²) in [5, 5.41) is 11.0. The molecule has 0 saturated heterocycles. The van der Waals surface area contributed by atoms with Gasteiger partial charge in [-0.2, -0.15) is 0 Å². The van der Waals surface area contributed by atoms with Crippen LogP contribution in [0.15, 0.2) is 187 Å². The van der Waals surface area contributed by atoms with Crippen molar-refractivity contribution in [3.63, 3.8) is 0 Å². The van der Waals surface area contributed by atoms with Crippen molar-refractivity contribution < 1.29 is 32.9 Å². The van der Waals surface area contributed by atoms with Crippen molar-refractivity contribution in [3.8, 4) is 34.5 Å². The van der Waals surface area contributed by atoms with E-state index in [1.807, 2.05) is 182 Å².